The molecule has 1 aliphatic rings. The lowest BCUT2D eigenvalue weighted by atomic mass is 9.91. The summed E-state index contributed by atoms with van der Waals surface area (Å²) in [7, 11) is 0. The Morgan fingerprint density at radius 3 is 2.62 bits per heavy atom. The maximum atomic E-state index is 13.4. The van der Waals surface area contributed by atoms with Crippen LogP contribution in [0.25, 0.3) is 11.1 Å². The first-order valence-electron chi connectivity index (χ1n) is 6.65. The van der Waals surface area contributed by atoms with Crippen molar-refractivity contribution in [3.05, 3.63) is 58.9 Å². The van der Waals surface area contributed by atoms with Gasteiger partial charge >= 0.3 is 6.18 Å². The molecule has 0 fully saturated rings. The van der Waals surface area contributed by atoms with Crippen molar-refractivity contribution in [3.63, 3.8) is 0 Å². The lowest BCUT2D eigenvalue weighted by molar-refractivity contribution is -0.139. The third kappa shape index (κ3) is 2.65. The second kappa shape index (κ2) is 5.15. The smallest absolute Gasteiger partial charge is 0.312 e. The van der Waals surface area contributed by atoms with E-state index < -0.39 is 17.6 Å². The molecule has 2 aromatic carbocycles. The molecule has 0 amide bonds. The van der Waals surface area contributed by atoms with Gasteiger partial charge in [-0.3, -0.25) is 0 Å². The summed E-state index contributed by atoms with van der Waals surface area (Å²) in [6.45, 7) is 1.47. The monoisotopic (exact) mass is 295 g/mol. The third-order valence-electron chi connectivity index (χ3n) is 3.73. The van der Waals surface area contributed by atoms with Gasteiger partial charge in [0.2, 0.25) is 0 Å². The van der Waals surface area contributed by atoms with Gasteiger partial charge in [-0.05, 0) is 47.4 Å². The Balaban J connectivity index is 2.14. The van der Waals surface area contributed by atoms with Gasteiger partial charge < -0.3 is 5.32 Å². The molecule has 5 heteroatoms. The molecule has 0 bridgehead atoms. The number of hydrogen-bond acceptors (Lipinski definition) is 1. The zero-order chi connectivity index (χ0) is 15.0. The minimum atomic E-state index is -4.69. The number of halogens is 4. The van der Waals surface area contributed by atoms with Crippen LogP contribution in [0.2, 0.25) is 0 Å². The highest BCUT2D eigenvalue weighted by Gasteiger charge is 2.34. The Labute approximate surface area is 119 Å². The van der Waals surface area contributed by atoms with Crippen LogP contribution >= 0.6 is 0 Å². The van der Waals surface area contributed by atoms with Crippen LogP contribution in [0.4, 0.5) is 17.6 Å². The third-order valence-corrected chi connectivity index (χ3v) is 3.73. The van der Waals surface area contributed by atoms with Crippen molar-refractivity contribution in [1.29, 1.82) is 0 Å². The van der Waals surface area contributed by atoms with E-state index in [1.165, 1.54) is 6.07 Å². The van der Waals surface area contributed by atoms with Crippen LogP contribution in [-0.2, 0) is 19.1 Å². The molecular weight excluding hydrogens is 282 g/mol. The molecule has 2 aromatic rings. The largest absolute Gasteiger partial charge is 0.419 e. The van der Waals surface area contributed by atoms with Gasteiger partial charge in [0, 0.05) is 6.54 Å². The first-order chi connectivity index (χ1) is 9.97. The van der Waals surface area contributed by atoms with Crippen molar-refractivity contribution >= 4 is 0 Å². The van der Waals surface area contributed by atoms with Gasteiger partial charge in [0.25, 0.3) is 0 Å². The van der Waals surface area contributed by atoms with Crippen molar-refractivity contribution in [2.45, 2.75) is 19.1 Å². The van der Waals surface area contributed by atoms with Gasteiger partial charge in [-0.1, -0.05) is 24.3 Å². The Morgan fingerprint density at radius 1 is 1.05 bits per heavy atom. The summed E-state index contributed by atoms with van der Waals surface area (Å²) >= 11 is 0. The fourth-order valence-electron chi connectivity index (χ4n) is 2.69. The van der Waals surface area contributed by atoms with E-state index in [0.29, 0.717) is 12.1 Å². The van der Waals surface area contributed by atoms with E-state index in [1.54, 1.807) is 6.07 Å². The molecule has 1 N–H and O–H groups in total. The Hall–Kier alpha value is -1.88. The predicted molar refractivity (Wildman–Crippen MR) is 72.2 cm³/mol. The second-order valence-corrected chi connectivity index (χ2v) is 5.06. The highest BCUT2D eigenvalue weighted by molar-refractivity contribution is 5.70. The average Bonchev–Trinajstić information content (AvgIpc) is 2.46. The summed E-state index contributed by atoms with van der Waals surface area (Å²) in [5.41, 5.74) is 2.02. The van der Waals surface area contributed by atoms with E-state index in [1.807, 2.05) is 12.1 Å². The fourth-order valence-corrected chi connectivity index (χ4v) is 2.69. The SMILES string of the molecule is Fc1ccc(-c2cccc3c2CNCC3)cc1C(F)(F)F. The van der Waals surface area contributed by atoms with Crippen LogP contribution in [0.5, 0.6) is 0 Å². The molecule has 1 nitrogen and oxygen atoms in total. The average molecular weight is 295 g/mol. The van der Waals surface area contributed by atoms with Crippen molar-refractivity contribution in [1.82, 2.24) is 5.32 Å². The van der Waals surface area contributed by atoms with E-state index in [-0.39, 0.29) is 0 Å². The molecular formula is C16H13F4N. The van der Waals surface area contributed by atoms with Crippen LogP contribution in [0, 0.1) is 5.82 Å². The van der Waals surface area contributed by atoms with Crippen LogP contribution in [0.1, 0.15) is 16.7 Å². The number of hydrogen-bond donors (Lipinski definition) is 1. The molecule has 0 unspecified atom stereocenters. The van der Waals surface area contributed by atoms with Gasteiger partial charge in [0.05, 0.1) is 5.56 Å². The van der Waals surface area contributed by atoms with Gasteiger partial charge in [-0.25, -0.2) is 4.39 Å². The van der Waals surface area contributed by atoms with Gasteiger partial charge in [0.1, 0.15) is 5.82 Å². The van der Waals surface area contributed by atoms with Crippen LogP contribution < -0.4 is 5.32 Å². The zero-order valence-corrected chi connectivity index (χ0v) is 11.1. The summed E-state index contributed by atoms with van der Waals surface area (Å²) in [6.07, 6.45) is -3.84. The molecule has 0 spiro atoms. The Morgan fingerprint density at radius 2 is 1.86 bits per heavy atom. The molecule has 3 rings (SSSR count). The van der Waals surface area contributed by atoms with Gasteiger partial charge in [-0.2, -0.15) is 13.2 Å². The topological polar surface area (TPSA) is 12.0 Å². The minimum Gasteiger partial charge on any atom is -0.312 e. The van der Waals surface area contributed by atoms with E-state index >= 15 is 0 Å². The lowest BCUT2D eigenvalue weighted by Crippen LogP contribution is -2.24. The zero-order valence-electron chi connectivity index (χ0n) is 11.1. The highest BCUT2D eigenvalue weighted by atomic mass is 19.4. The van der Waals surface area contributed by atoms with Crippen LogP contribution in [0.3, 0.4) is 0 Å². The molecule has 0 saturated heterocycles. The van der Waals surface area contributed by atoms with E-state index in [9.17, 15) is 17.6 Å². The van der Waals surface area contributed by atoms with E-state index in [4.69, 9.17) is 0 Å². The summed E-state index contributed by atoms with van der Waals surface area (Å²) in [5.74, 6) is -1.24. The van der Waals surface area contributed by atoms with Crippen molar-refractivity contribution in [2.75, 3.05) is 6.54 Å². The molecule has 1 aliphatic heterocycles. The number of alkyl halides is 3. The minimum absolute atomic E-state index is 0.393. The fraction of sp³-hybridized carbons (Fsp3) is 0.250. The molecule has 1 heterocycles. The van der Waals surface area contributed by atoms with E-state index in [2.05, 4.69) is 5.32 Å². The van der Waals surface area contributed by atoms with Gasteiger partial charge in [0.15, 0.2) is 0 Å². The standard InChI is InChI=1S/C16H13F4N/c17-15-5-4-11(8-14(15)16(18,19)20)12-3-1-2-10-6-7-21-9-13(10)12/h1-5,8,21H,6-7,9H2. The highest BCUT2D eigenvalue weighted by Crippen LogP contribution is 2.36. The Kier molecular flexibility index (Phi) is 3.45. The first-order valence-corrected chi connectivity index (χ1v) is 6.65. The van der Waals surface area contributed by atoms with Crippen molar-refractivity contribution in [3.8, 4) is 11.1 Å². The van der Waals surface area contributed by atoms with Crippen molar-refractivity contribution < 1.29 is 17.6 Å². The van der Waals surface area contributed by atoms with Gasteiger partial charge in [-0.15, -0.1) is 0 Å². The van der Waals surface area contributed by atoms with Crippen LogP contribution in [0.15, 0.2) is 36.4 Å². The quantitative estimate of drug-likeness (QED) is 0.779. The molecule has 0 aromatic heterocycles. The number of nitrogens with one attached hydrogen (secondary N) is 1. The van der Waals surface area contributed by atoms with Crippen LogP contribution in [-0.4, -0.2) is 6.54 Å². The first kappa shape index (κ1) is 14.1. The summed E-state index contributed by atoms with van der Waals surface area (Å²) in [5, 5.41) is 3.21. The second-order valence-electron chi connectivity index (χ2n) is 5.06. The van der Waals surface area contributed by atoms with Crippen molar-refractivity contribution in [2.24, 2.45) is 0 Å². The maximum Gasteiger partial charge on any atom is 0.419 e. The molecule has 0 atom stereocenters. The van der Waals surface area contributed by atoms with E-state index in [0.717, 1.165) is 41.8 Å². The molecule has 0 saturated carbocycles. The number of benzene rings is 2. The molecule has 0 radical (unpaired) electrons. The maximum absolute atomic E-state index is 13.4. The summed E-state index contributed by atoms with van der Waals surface area (Å²) in [6, 6.07) is 8.76. The molecule has 110 valence electrons. The molecule has 0 aliphatic carbocycles. The molecule has 21 heavy (non-hydrogen) atoms. The summed E-state index contributed by atoms with van der Waals surface area (Å²) < 4.78 is 51.9. The number of rotatable bonds is 1. The predicted octanol–water partition coefficient (Wildman–Crippen LogP) is 4.16. The summed E-state index contributed by atoms with van der Waals surface area (Å²) in [4.78, 5) is 0. The Bertz CT molecular complexity index is 676. The lowest BCUT2D eigenvalue weighted by Gasteiger charge is -2.21. The normalized spacial score (nSPS) is 14.9. The number of fused-ring (bicyclic) bond motifs is 1.